The minimum atomic E-state index is -4.70. The van der Waals surface area contributed by atoms with Gasteiger partial charge in [0.15, 0.2) is 11.5 Å². The first kappa shape index (κ1) is 25.6. The number of benzene rings is 2. The van der Waals surface area contributed by atoms with Crippen LogP contribution in [0.15, 0.2) is 40.9 Å². The number of fused-ring (bicyclic) bond motifs is 1. The summed E-state index contributed by atoms with van der Waals surface area (Å²) in [6.07, 6.45) is -5.80. The van der Waals surface area contributed by atoms with E-state index in [9.17, 15) is 28.2 Å². The second-order valence-corrected chi connectivity index (χ2v) is 8.94. The van der Waals surface area contributed by atoms with Crippen molar-refractivity contribution in [2.45, 2.75) is 37.6 Å². The number of halogens is 3. The Hall–Kier alpha value is -4.00. The number of hydrogen-bond donors (Lipinski definition) is 2. The second kappa shape index (κ2) is 10.4. The maximum Gasteiger partial charge on any atom is 0.419 e. The van der Waals surface area contributed by atoms with Gasteiger partial charge in [0.2, 0.25) is 11.7 Å². The van der Waals surface area contributed by atoms with E-state index in [1.54, 1.807) is 0 Å². The summed E-state index contributed by atoms with van der Waals surface area (Å²) in [5.41, 5.74) is -0.0195. The number of aliphatic hydroxyl groups is 1. The number of nitrogens with zero attached hydrogens (tertiary/aromatic N) is 3. The minimum Gasteiger partial charge on any atom is -0.493 e. The Morgan fingerprint density at radius 3 is 2.68 bits per heavy atom. The zero-order valence-electron chi connectivity index (χ0n) is 20.0. The van der Waals surface area contributed by atoms with E-state index >= 15 is 0 Å². The highest BCUT2D eigenvalue weighted by Gasteiger charge is 2.39. The zero-order chi connectivity index (χ0) is 26.9. The number of amides is 1. The summed E-state index contributed by atoms with van der Waals surface area (Å²) in [5, 5.41) is 22.9. The van der Waals surface area contributed by atoms with Crippen LogP contribution in [0.25, 0.3) is 11.4 Å². The van der Waals surface area contributed by atoms with Gasteiger partial charge in [-0.1, -0.05) is 11.2 Å². The van der Waals surface area contributed by atoms with Crippen LogP contribution in [0.4, 0.5) is 18.0 Å². The Kier molecular flexibility index (Phi) is 7.02. The Morgan fingerprint density at radius 1 is 1.13 bits per heavy atom. The fourth-order valence-electron chi connectivity index (χ4n) is 4.47. The lowest BCUT2D eigenvalue weighted by Gasteiger charge is -2.19. The molecule has 1 saturated heterocycles. The van der Waals surface area contributed by atoms with Gasteiger partial charge in [0.25, 0.3) is 0 Å². The molecule has 38 heavy (non-hydrogen) atoms. The van der Waals surface area contributed by atoms with Gasteiger partial charge in [0, 0.05) is 12.0 Å². The fraction of sp³-hybridized carbons (Fsp3) is 0.400. The maximum atomic E-state index is 13.8. The highest BCUT2D eigenvalue weighted by molar-refractivity contribution is 5.66. The SMILES string of the molecule is O=C(O)N1CC(O)C[C@H]1c1nc(-c2ccc(OCCCc3ccc4c(c3)OCCO4)c(C(F)(F)F)c2)no1. The van der Waals surface area contributed by atoms with Crippen molar-refractivity contribution in [2.75, 3.05) is 26.4 Å². The molecular formula is C25H24F3N3O7. The van der Waals surface area contributed by atoms with Crippen molar-refractivity contribution >= 4 is 6.09 Å². The average Bonchev–Trinajstić information content (AvgIpc) is 3.53. The summed E-state index contributed by atoms with van der Waals surface area (Å²) in [4.78, 5) is 16.5. The van der Waals surface area contributed by atoms with E-state index in [2.05, 4.69) is 10.1 Å². The lowest BCUT2D eigenvalue weighted by molar-refractivity contribution is -0.138. The van der Waals surface area contributed by atoms with Crippen LogP contribution in [0.3, 0.4) is 0 Å². The molecule has 0 spiro atoms. The molecule has 3 heterocycles. The third kappa shape index (κ3) is 5.47. The summed E-state index contributed by atoms with van der Waals surface area (Å²) in [5.74, 6) is 0.742. The smallest absolute Gasteiger partial charge is 0.419 e. The van der Waals surface area contributed by atoms with Crippen molar-refractivity contribution < 1.29 is 46.9 Å². The number of aliphatic hydroxyl groups excluding tert-OH is 1. The van der Waals surface area contributed by atoms with E-state index in [1.807, 2.05) is 18.2 Å². The number of aromatic nitrogens is 2. The lowest BCUT2D eigenvalue weighted by Crippen LogP contribution is -2.30. The number of aryl methyl sites for hydroxylation is 1. The van der Waals surface area contributed by atoms with Gasteiger partial charge in [-0.15, -0.1) is 0 Å². The number of alkyl halides is 3. The van der Waals surface area contributed by atoms with Gasteiger partial charge in [-0.25, -0.2) is 4.79 Å². The predicted octanol–water partition coefficient (Wildman–Crippen LogP) is 4.32. The first-order chi connectivity index (χ1) is 18.2. The van der Waals surface area contributed by atoms with E-state index < -0.39 is 30.0 Å². The third-order valence-corrected chi connectivity index (χ3v) is 6.27. The standard InChI is InChI=1S/C25H24F3N3O7/c26-25(27,28)17-11-15(22-29-23(38-30-22)18-12-16(32)13-31(18)24(33)34)4-6-19(17)35-7-1-2-14-3-5-20-21(10-14)37-9-8-36-20/h3-6,10-11,16,18,32H,1-2,7-9,12-13H2,(H,33,34)/t16?,18-/m0/s1. The lowest BCUT2D eigenvalue weighted by atomic mass is 10.1. The number of hydrogen-bond acceptors (Lipinski definition) is 8. The van der Waals surface area contributed by atoms with Gasteiger partial charge in [-0.05, 0) is 48.7 Å². The van der Waals surface area contributed by atoms with Crippen molar-refractivity contribution in [3.8, 4) is 28.6 Å². The van der Waals surface area contributed by atoms with Gasteiger partial charge in [-0.2, -0.15) is 18.2 Å². The Morgan fingerprint density at radius 2 is 1.92 bits per heavy atom. The molecule has 10 nitrogen and oxygen atoms in total. The number of carboxylic acid groups (broad SMARTS) is 1. The molecule has 0 bridgehead atoms. The van der Waals surface area contributed by atoms with Crippen molar-refractivity contribution in [1.29, 1.82) is 0 Å². The molecule has 2 aliphatic heterocycles. The number of carbonyl (C=O) groups is 1. The van der Waals surface area contributed by atoms with Crippen LogP contribution in [0.2, 0.25) is 0 Å². The van der Waals surface area contributed by atoms with Crippen LogP contribution in [0, 0.1) is 0 Å². The molecule has 2 aliphatic rings. The van der Waals surface area contributed by atoms with Gasteiger partial charge in [-0.3, -0.25) is 4.90 Å². The van der Waals surface area contributed by atoms with Crippen molar-refractivity contribution in [3.63, 3.8) is 0 Å². The van der Waals surface area contributed by atoms with Gasteiger partial charge in [0.1, 0.15) is 25.0 Å². The van der Waals surface area contributed by atoms with Gasteiger partial charge < -0.3 is 28.9 Å². The van der Waals surface area contributed by atoms with Crippen molar-refractivity contribution in [1.82, 2.24) is 15.0 Å². The summed E-state index contributed by atoms with van der Waals surface area (Å²) in [6.45, 7) is 0.878. The Bertz CT molecular complexity index is 1310. The number of rotatable bonds is 7. The molecule has 2 aromatic carbocycles. The van der Waals surface area contributed by atoms with Gasteiger partial charge >= 0.3 is 12.3 Å². The molecule has 1 fully saturated rings. The van der Waals surface area contributed by atoms with Crippen LogP contribution in [-0.2, 0) is 12.6 Å². The van der Waals surface area contributed by atoms with Crippen molar-refractivity contribution in [2.24, 2.45) is 0 Å². The first-order valence-electron chi connectivity index (χ1n) is 11.9. The highest BCUT2D eigenvalue weighted by Crippen LogP contribution is 2.39. The van der Waals surface area contributed by atoms with Crippen molar-refractivity contribution in [3.05, 3.63) is 53.4 Å². The highest BCUT2D eigenvalue weighted by atomic mass is 19.4. The summed E-state index contributed by atoms with van der Waals surface area (Å²) in [6, 6.07) is 8.09. The molecule has 0 radical (unpaired) electrons. The second-order valence-electron chi connectivity index (χ2n) is 8.94. The quantitative estimate of drug-likeness (QED) is 0.425. The molecule has 1 amide bonds. The van der Waals surface area contributed by atoms with Gasteiger partial charge in [0.05, 0.1) is 24.8 Å². The van der Waals surface area contributed by atoms with E-state index in [1.165, 1.54) is 12.1 Å². The Balaban J connectivity index is 1.26. The van der Waals surface area contributed by atoms with E-state index in [-0.39, 0.29) is 42.6 Å². The normalized spacial score (nSPS) is 19.0. The first-order valence-corrected chi connectivity index (χ1v) is 11.9. The van der Waals surface area contributed by atoms with Crippen LogP contribution >= 0.6 is 0 Å². The van der Waals surface area contributed by atoms with Crippen LogP contribution in [0.5, 0.6) is 17.2 Å². The monoisotopic (exact) mass is 535 g/mol. The summed E-state index contributed by atoms with van der Waals surface area (Å²) < 4.78 is 63.2. The summed E-state index contributed by atoms with van der Waals surface area (Å²) >= 11 is 0. The molecule has 0 aliphatic carbocycles. The third-order valence-electron chi connectivity index (χ3n) is 6.27. The predicted molar refractivity (Wildman–Crippen MR) is 124 cm³/mol. The number of β-amino-alcohol motifs (C(OH)–C–C–N with tert-alkyl or cyclic N) is 1. The average molecular weight is 535 g/mol. The molecule has 2 atom stereocenters. The van der Waals surface area contributed by atoms with Crippen LogP contribution in [0.1, 0.15) is 35.9 Å². The zero-order valence-corrected chi connectivity index (χ0v) is 20.0. The maximum absolute atomic E-state index is 13.8. The molecule has 13 heteroatoms. The minimum absolute atomic E-state index is 0.0244. The van der Waals surface area contributed by atoms with Crippen LogP contribution in [-0.4, -0.2) is 63.8 Å². The molecule has 1 unspecified atom stereocenters. The molecule has 0 saturated carbocycles. The van der Waals surface area contributed by atoms with E-state index in [0.29, 0.717) is 37.6 Å². The topological polar surface area (TPSA) is 127 Å². The molecule has 3 aromatic rings. The number of ether oxygens (including phenoxy) is 3. The largest absolute Gasteiger partial charge is 0.493 e. The summed E-state index contributed by atoms with van der Waals surface area (Å²) in [7, 11) is 0. The molecule has 5 rings (SSSR count). The fourth-order valence-corrected chi connectivity index (χ4v) is 4.47. The van der Waals surface area contributed by atoms with Crippen LogP contribution < -0.4 is 14.2 Å². The van der Waals surface area contributed by atoms with E-state index in [0.717, 1.165) is 16.5 Å². The van der Waals surface area contributed by atoms with E-state index in [4.69, 9.17) is 18.7 Å². The molecular weight excluding hydrogens is 511 g/mol. The molecule has 202 valence electrons. The molecule has 1 aromatic heterocycles. The Labute approximate surface area is 214 Å². The number of likely N-dealkylation sites (tertiary alicyclic amines) is 1. The molecule has 2 N–H and O–H groups in total.